The first-order valence-corrected chi connectivity index (χ1v) is 7.41. The number of aliphatic hydroxyl groups excluding tert-OH is 1. The van der Waals surface area contributed by atoms with Crippen LogP contribution < -0.4 is 4.90 Å². The Hall–Kier alpha value is -0.730. The third kappa shape index (κ3) is 5.04. The van der Waals surface area contributed by atoms with E-state index in [9.17, 15) is 5.11 Å². The maximum Gasteiger partial charge on any atom is 0.0762 e. The van der Waals surface area contributed by atoms with Gasteiger partial charge in [-0.3, -0.25) is 0 Å². The molecule has 0 bridgehead atoms. The van der Waals surface area contributed by atoms with Gasteiger partial charge in [-0.05, 0) is 36.5 Å². The van der Waals surface area contributed by atoms with Crippen LogP contribution in [0.3, 0.4) is 0 Å². The van der Waals surface area contributed by atoms with E-state index in [1.54, 1.807) is 6.92 Å². The maximum atomic E-state index is 9.60. The lowest BCUT2D eigenvalue weighted by Crippen LogP contribution is -2.31. The SMILES string of the molecule is CC(C)CN(CC(C)C)c1ccc(C(C)O)cc1Cl. The molecule has 0 aromatic heterocycles. The Morgan fingerprint density at radius 1 is 1.05 bits per heavy atom. The van der Waals surface area contributed by atoms with E-state index in [-0.39, 0.29) is 0 Å². The Morgan fingerprint density at radius 2 is 1.58 bits per heavy atom. The van der Waals surface area contributed by atoms with Gasteiger partial charge in [0.2, 0.25) is 0 Å². The quantitative estimate of drug-likeness (QED) is 0.830. The van der Waals surface area contributed by atoms with Crippen LogP contribution in [-0.2, 0) is 0 Å². The molecule has 1 atom stereocenters. The molecule has 0 heterocycles. The van der Waals surface area contributed by atoms with Crippen LogP contribution in [0, 0.1) is 11.8 Å². The van der Waals surface area contributed by atoms with Crippen LogP contribution in [0.1, 0.15) is 46.3 Å². The molecule has 0 aliphatic carbocycles. The van der Waals surface area contributed by atoms with Crippen molar-refractivity contribution >= 4 is 17.3 Å². The molecule has 2 nitrogen and oxygen atoms in total. The Morgan fingerprint density at radius 3 is 1.95 bits per heavy atom. The Labute approximate surface area is 122 Å². The molecule has 0 spiro atoms. The minimum atomic E-state index is -0.477. The Bertz CT molecular complexity index is 392. The minimum absolute atomic E-state index is 0.477. The van der Waals surface area contributed by atoms with Crippen LogP contribution in [0.15, 0.2) is 18.2 Å². The van der Waals surface area contributed by atoms with Crippen LogP contribution >= 0.6 is 11.6 Å². The molecule has 19 heavy (non-hydrogen) atoms. The van der Waals surface area contributed by atoms with Crippen LogP contribution in [0.2, 0.25) is 5.02 Å². The van der Waals surface area contributed by atoms with Gasteiger partial charge < -0.3 is 10.0 Å². The number of rotatable bonds is 6. The largest absolute Gasteiger partial charge is 0.389 e. The number of benzene rings is 1. The van der Waals surface area contributed by atoms with E-state index in [4.69, 9.17) is 11.6 Å². The standard InChI is InChI=1S/C16H26ClNO/c1-11(2)9-18(10-12(3)4)16-7-6-14(13(5)19)8-15(16)17/h6-8,11-13,19H,9-10H2,1-5H3. The predicted molar refractivity (Wildman–Crippen MR) is 84.0 cm³/mol. The number of nitrogens with zero attached hydrogens (tertiary/aromatic N) is 1. The predicted octanol–water partition coefficient (Wildman–Crippen LogP) is 4.51. The summed E-state index contributed by atoms with van der Waals surface area (Å²) in [7, 11) is 0. The zero-order valence-electron chi connectivity index (χ0n) is 12.7. The zero-order valence-corrected chi connectivity index (χ0v) is 13.4. The normalized spacial score (nSPS) is 13.1. The Kier molecular flexibility index (Phi) is 6.15. The average molecular weight is 284 g/mol. The molecule has 0 radical (unpaired) electrons. The van der Waals surface area contributed by atoms with Gasteiger partial charge in [0.15, 0.2) is 0 Å². The zero-order chi connectivity index (χ0) is 14.6. The number of hydrogen-bond acceptors (Lipinski definition) is 2. The Balaban J connectivity index is 3.01. The fraction of sp³-hybridized carbons (Fsp3) is 0.625. The smallest absolute Gasteiger partial charge is 0.0762 e. The van der Waals surface area contributed by atoms with Gasteiger partial charge in [-0.1, -0.05) is 45.4 Å². The summed E-state index contributed by atoms with van der Waals surface area (Å²) in [6.45, 7) is 12.6. The molecule has 1 unspecified atom stereocenters. The highest BCUT2D eigenvalue weighted by Crippen LogP contribution is 2.30. The van der Waals surface area contributed by atoms with Crippen molar-refractivity contribution in [2.24, 2.45) is 11.8 Å². The lowest BCUT2D eigenvalue weighted by atomic mass is 10.1. The first kappa shape index (κ1) is 16.3. The van der Waals surface area contributed by atoms with Crippen molar-refractivity contribution in [1.29, 1.82) is 0 Å². The van der Waals surface area contributed by atoms with Crippen molar-refractivity contribution in [3.05, 3.63) is 28.8 Å². The van der Waals surface area contributed by atoms with Crippen molar-refractivity contribution in [1.82, 2.24) is 0 Å². The highest BCUT2D eigenvalue weighted by molar-refractivity contribution is 6.33. The molecular weight excluding hydrogens is 258 g/mol. The third-order valence-electron chi connectivity index (χ3n) is 2.97. The van der Waals surface area contributed by atoms with E-state index in [1.165, 1.54) is 0 Å². The van der Waals surface area contributed by atoms with E-state index in [1.807, 2.05) is 18.2 Å². The van der Waals surface area contributed by atoms with Gasteiger partial charge in [-0.25, -0.2) is 0 Å². The number of hydrogen-bond donors (Lipinski definition) is 1. The highest BCUT2D eigenvalue weighted by atomic mass is 35.5. The fourth-order valence-electron chi connectivity index (χ4n) is 2.19. The van der Waals surface area contributed by atoms with Gasteiger partial charge in [-0.2, -0.15) is 0 Å². The van der Waals surface area contributed by atoms with E-state index < -0.39 is 6.10 Å². The summed E-state index contributed by atoms with van der Waals surface area (Å²) < 4.78 is 0. The van der Waals surface area contributed by atoms with E-state index >= 15 is 0 Å². The van der Waals surface area contributed by atoms with Crippen LogP contribution in [0.5, 0.6) is 0 Å². The van der Waals surface area contributed by atoms with Gasteiger partial charge in [0.05, 0.1) is 16.8 Å². The van der Waals surface area contributed by atoms with Crippen molar-refractivity contribution in [3.8, 4) is 0 Å². The molecular formula is C16H26ClNO. The molecule has 1 N–H and O–H groups in total. The molecule has 0 aliphatic heterocycles. The van der Waals surface area contributed by atoms with Gasteiger partial charge in [0.1, 0.15) is 0 Å². The molecule has 1 aromatic rings. The maximum absolute atomic E-state index is 9.60. The summed E-state index contributed by atoms with van der Waals surface area (Å²) in [5, 5.41) is 10.3. The topological polar surface area (TPSA) is 23.5 Å². The number of halogens is 1. The molecule has 0 aliphatic rings. The summed E-state index contributed by atoms with van der Waals surface area (Å²) in [6.07, 6.45) is -0.477. The molecule has 0 amide bonds. The molecule has 108 valence electrons. The van der Waals surface area contributed by atoms with Crippen LogP contribution in [-0.4, -0.2) is 18.2 Å². The molecule has 0 saturated heterocycles. The second-order valence-corrected chi connectivity index (χ2v) is 6.49. The van der Waals surface area contributed by atoms with E-state index in [0.29, 0.717) is 11.8 Å². The summed E-state index contributed by atoms with van der Waals surface area (Å²) in [5.41, 5.74) is 1.93. The second kappa shape index (κ2) is 7.16. The van der Waals surface area contributed by atoms with Gasteiger partial charge >= 0.3 is 0 Å². The number of anilines is 1. The molecule has 1 aromatic carbocycles. The van der Waals surface area contributed by atoms with Crippen molar-refractivity contribution < 1.29 is 5.11 Å². The molecule has 1 rings (SSSR count). The van der Waals surface area contributed by atoms with Gasteiger partial charge in [0, 0.05) is 13.1 Å². The van der Waals surface area contributed by atoms with Gasteiger partial charge in [0.25, 0.3) is 0 Å². The van der Waals surface area contributed by atoms with Crippen molar-refractivity contribution in [3.63, 3.8) is 0 Å². The minimum Gasteiger partial charge on any atom is -0.389 e. The molecule has 0 fully saturated rings. The van der Waals surface area contributed by atoms with Crippen LogP contribution in [0.25, 0.3) is 0 Å². The highest BCUT2D eigenvalue weighted by Gasteiger charge is 2.14. The van der Waals surface area contributed by atoms with Crippen molar-refractivity contribution in [2.75, 3.05) is 18.0 Å². The monoisotopic (exact) mass is 283 g/mol. The third-order valence-corrected chi connectivity index (χ3v) is 3.27. The first-order valence-electron chi connectivity index (χ1n) is 7.03. The summed E-state index contributed by atoms with van der Waals surface area (Å²) in [5.74, 6) is 1.18. The molecule has 3 heteroatoms. The van der Waals surface area contributed by atoms with E-state index in [0.717, 1.165) is 29.4 Å². The fourth-order valence-corrected chi connectivity index (χ4v) is 2.50. The van der Waals surface area contributed by atoms with Gasteiger partial charge in [-0.15, -0.1) is 0 Å². The average Bonchev–Trinajstić information content (AvgIpc) is 2.26. The summed E-state index contributed by atoms with van der Waals surface area (Å²) in [6, 6.07) is 5.85. The van der Waals surface area contributed by atoms with Crippen LogP contribution in [0.4, 0.5) is 5.69 Å². The van der Waals surface area contributed by atoms with Crippen molar-refractivity contribution in [2.45, 2.75) is 40.7 Å². The summed E-state index contributed by atoms with van der Waals surface area (Å²) >= 11 is 6.38. The second-order valence-electron chi connectivity index (χ2n) is 6.08. The van der Waals surface area contributed by atoms with E-state index in [2.05, 4.69) is 32.6 Å². The number of aliphatic hydroxyl groups is 1. The lowest BCUT2D eigenvalue weighted by molar-refractivity contribution is 0.199. The lowest BCUT2D eigenvalue weighted by Gasteiger charge is -2.29. The summed E-state index contributed by atoms with van der Waals surface area (Å²) in [4.78, 5) is 2.34. The molecule has 0 saturated carbocycles. The first-order chi connectivity index (χ1) is 8.81.